The lowest BCUT2D eigenvalue weighted by Gasteiger charge is -2.44. The van der Waals surface area contributed by atoms with Crippen LogP contribution in [0.15, 0.2) is 24.5 Å². The van der Waals surface area contributed by atoms with Gasteiger partial charge in [-0.15, -0.1) is 12.4 Å². The van der Waals surface area contributed by atoms with Crippen molar-refractivity contribution >= 4 is 24.3 Å². The number of pyridine rings is 1. The Morgan fingerprint density at radius 3 is 2.61 bits per heavy atom. The number of hydrogen-bond donors (Lipinski definition) is 1. The smallest absolute Gasteiger partial charge is 0.307 e. The lowest BCUT2D eigenvalue weighted by molar-refractivity contribution is -0.145. The van der Waals surface area contributed by atoms with Crippen LogP contribution in [-0.2, 0) is 20.9 Å². The van der Waals surface area contributed by atoms with Crippen LogP contribution in [0.5, 0.6) is 0 Å². The molecule has 1 aromatic heterocycles. The first-order chi connectivity index (χ1) is 13.1. The average molecular weight is 410 g/mol. The molecule has 1 heterocycles. The van der Waals surface area contributed by atoms with E-state index in [9.17, 15) is 9.59 Å². The molecule has 28 heavy (non-hydrogen) atoms. The Kier molecular flexibility index (Phi) is 8.70. The zero-order valence-corrected chi connectivity index (χ0v) is 17.4. The molecule has 2 unspecified atom stereocenters. The summed E-state index contributed by atoms with van der Waals surface area (Å²) in [5.74, 6) is 0.809. The summed E-state index contributed by atoms with van der Waals surface area (Å²) in [6, 6.07) is 4.07. The molecule has 2 atom stereocenters. The minimum Gasteiger partial charge on any atom is -0.466 e. The lowest BCUT2D eigenvalue weighted by Crippen LogP contribution is -2.49. The standard InChI is InChI=1S/C21H31N3O3.ClH/c1-2-27-19(25)8-10-24(14-15-5-4-9-23-13-15)21(26)18-11-16-6-3-7-17(12-18)20(16)22;/h4-5,9,13,16-18,20H,2-3,6-8,10-12,14,22H2,1H3;1H. The number of carbonyl (C=O) groups is 2. The van der Waals surface area contributed by atoms with E-state index in [4.69, 9.17) is 10.5 Å². The molecule has 2 aliphatic rings. The normalized spacial score (nSPS) is 26.1. The molecular weight excluding hydrogens is 378 g/mol. The van der Waals surface area contributed by atoms with Gasteiger partial charge in [-0.1, -0.05) is 12.5 Å². The molecule has 2 aliphatic carbocycles. The average Bonchev–Trinajstić information content (AvgIpc) is 2.65. The maximum Gasteiger partial charge on any atom is 0.307 e. The van der Waals surface area contributed by atoms with E-state index in [-0.39, 0.29) is 42.7 Å². The van der Waals surface area contributed by atoms with Crippen molar-refractivity contribution < 1.29 is 14.3 Å². The first kappa shape index (κ1) is 22.6. The molecule has 3 rings (SSSR count). The summed E-state index contributed by atoms with van der Waals surface area (Å²) in [4.78, 5) is 31.1. The number of esters is 1. The Balaban J connectivity index is 0.00000280. The minimum absolute atomic E-state index is 0. The number of halogens is 1. The van der Waals surface area contributed by atoms with Crippen molar-refractivity contribution in [2.24, 2.45) is 23.5 Å². The van der Waals surface area contributed by atoms with Gasteiger partial charge >= 0.3 is 5.97 Å². The SMILES string of the molecule is CCOC(=O)CCN(Cc1cccnc1)C(=O)C1CC2CCCC(C1)C2N.Cl. The first-order valence-electron chi connectivity index (χ1n) is 10.2. The van der Waals surface area contributed by atoms with Crippen LogP contribution in [0.25, 0.3) is 0 Å². The molecule has 0 aromatic carbocycles. The third-order valence-electron chi connectivity index (χ3n) is 6.06. The summed E-state index contributed by atoms with van der Waals surface area (Å²) in [6.07, 6.45) is 8.96. The predicted molar refractivity (Wildman–Crippen MR) is 110 cm³/mol. The van der Waals surface area contributed by atoms with Gasteiger partial charge in [-0.3, -0.25) is 14.6 Å². The van der Waals surface area contributed by atoms with Crippen LogP contribution in [0, 0.1) is 17.8 Å². The van der Waals surface area contributed by atoms with E-state index in [1.165, 1.54) is 6.42 Å². The number of amides is 1. The zero-order valence-electron chi connectivity index (χ0n) is 16.6. The Morgan fingerprint density at radius 1 is 1.29 bits per heavy atom. The Hall–Kier alpha value is -1.66. The lowest BCUT2D eigenvalue weighted by atomic mass is 9.65. The van der Waals surface area contributed by atoms with E-state index in [1.807, 2.05) is 17.0 Å². The van der Waals surface area contributed by atoms with Gasteiger partial charge in [-0.2, -0.15) is 0 Å². The number of fused-ring (bicyclic) bond motifs is 2. The first-order valence-corrected chi connectivity index (χ1v) is 10.2. The third-order valence-corrected chi connectivity index (χ3v) is 6.06. The number of nitrogens with zero attached hydrogens (tertiary/aromatic N) is 2. The molecule has 7 heteroatoms. The highest BCUT2D eigenvalue weighted by molar-refractivity contribution is 5.85. The van der Waals surface area contributed by atoms with Crippen LogP contribution in [0.4, 0.5) is 0 Å². The van der Waals surface area contributed by atoms with E-state index in [0.29, 0.717) is 31.5 Å². The summed E-state index contributed by atoms with van der Waals surface area (Å²) < 4.78 is 5.04. The molecule has 1 amide bonds. The van der Waals surface area contributed by atoms with Crippen molar-refractivity contribution in [3.8, 4) is 0 Å². The summed E-state index contributed by atoms with van der Waals surface area (Å²) in [7, 11) is 0. The fraction of sp³-hybridized carbons (Fsp3) is 0.667. The van der Waals surface area contributed by atoms with Crippen LogP contribution in [0.3, 0.4) is 0 Å². The van der Waals surface area contributed by atoms with E-state index in [0.717, 1.165) is 31.2 Å². The maximum atomic E-state index is 13.3. The van der Waals surface area contributed by atoms with Crippen LogP contribution in [0.2, 0.25) is 0 Å². The van der Waals surface area contributed by atoms with E-state index in [1.54, 1.807) is 19.3 Å². The van der Waals surface area contributed by atoms with Crippen LogP contribution in [-0.4, -0.2) is 41.0 Å². The third kappa shape index (κ3) is 5.67. The highest BCUT2D eigenvalue weighted by Crippen LogP contribution is 2.42. The van der Waals surface area contributed by atoms with Gasteiger partial charge in [0.2, 0.25) is 5.91 Å². The molecular formula is C21H32ClN3O3. The molecule has 1 aromatic rings. The number of aromatic nitrogens is 1. The van der Waals surface area contributed by atoms with Gasteiger partial charge in [0.15, 0.2) is 0 Å². The van der Waals surface area contributed by atoms with Crippen LogP contribution in [0.1, 0.15) is 51.0 Å². The van der Waals surface area contributed by atoms with Gasteiger partial charge in [0.1, 0.15) is 0 Å². The van der Waals surface area contributed by atoms with Crippen molar-refractivity contribution in [3.05, 3.63) is 30.1 Å². The fourth-order valence-corrected chi connectivity index (χ4v) is 4.69. The Bertz CT molecular complexity index is 629. The number of hydrogen-bond acceptors (Lipinski definition) is 5. The topological polar surface area (TPSA) is 85.5 Å². The van der Waals surface area contributed by atoms with Gasteiger partial charge in [-0.05, 0) is 56.1 Å². The monoisotopic (exact) mass is 409 g/mol. The molecule has 2 bridgehead atoms. The second-order valence-electron chi connectivity index (χ2n) is 7.87. The van der Waals surface area contributed by atoms with Crippen molar-refractivity contribution in [1.82, 2.24) is 9.88 Å². The zero-order chi connectivity index (χ0) is 19.2. The molecule has 156 valence electrons. The van der Waals surface area contributed by atoms with E-state index in [2.05, 4.69) is 4.98 Å². The van der Waals surface area contributed by atoms with Crippen molar-refractivity contribution in [1.29, 1.82) is 0 Å². The van der Waals surface area contributed by atoms with Gasteiger partial charge in [0.05, 0.1) is 13.0 Å². The van der Waals surface area contributed by atoms with Crippen molar-refractivity contribution in [3.63, 3.8) is 0 Å². The molecule has 2 fully saturated rings. The molecule has 2 saturated carbocycles. The summed E-state index contributed by atoms with van der Waals surface area (Å²) in [6.45, 7) is 3.01. The second-order valence-corrected chi connectivity index (χ2v) is 7.87. The molecule has 6 nitrogen and oxygen atoms in total. The van der Waals surface area contributed by atoms with Gasteiger partial charge in [0.25, 0.3) is 0 Å². The molecule has 0 radical (unpaired) electrons. The fourth-order valence-electron chi connectivity index (χ4n) is 4.69. The summed E-state index contributed by atoms with van der Waals surface area (Å²) in [5.41, 5.74) is 7.36. The number of ether oxygens (including phenoxy) is 1. The highest BCUT2D eigenvalue weighted by atomic mass is 35.5. The van der Waals surface area contributed by atoms with E-state index >= 15 is 0 Å². The van der Waals surface area contributed by atoms with Gasteiger partial charge < -0.3 is 15.4 Å². The predicted octanol–water partition coefficient (Wildman–Crippen LogP) is 2.94. The maximum absolute atomic E-state index is 13.3. The number of nitrogens with two attached hydrogens (primary N) is 1. The Labute approximate surface area is 173 Å². The van der Waals surface area contributed by atoms with Crippen molar-refractivity contribution in [2.45, 2.75) is 58.0 Å². The minimum atomic E-state index is -0.260. The molecule has 0 spiro atoms. The van der Waals surface area contributed by atoms with Crippen LogP contribution >= 0.6 is 12.4 Å². The molecule has 0 aliphatic heterocycles. The highest BCUT2D eigenvalue weighted by Gasteiger charge is 2.41. The molecule has 2 N–H and O–H groups in total. The summed E-state index contributed by atoms with van der Waals surface area (Å²) >= 11 is 0. The number of rotatable bonds is 7. The largest absolute Gasteiger partial charge is 0.466 e. The number of carbonyl (C=O) groups excluding carboxylic acids is 2. The van der Waals surface area contributed by atoms with Gasteiger partial charge in [0, 0.05) is 37.4 Å². The van der Waals surface area contributed by atoms with E-state index < -0.39 is 0 Å². The molecule has 0 saturated heterocycles. The quantitative estimate of drug-likeness (QED) is 0.699. The van der Waals surface area contributed by atoms with Gasteiger partial charge in [-0.25, -0.2) is 0 Å². The second kappa shape index (κ2) is 10.8. The van der Waals surface area contributed by atoms with Crippen molar-refractivity contribution in [2.75, 3.05) is 13.2 Å². The summed E-state index contributed by atoms with van der Waals surface area (Å²) in [5, 5.41) is 0. The van der Waals surface area contributed by atoms with Crippen LogP contribution < -0.4 is 5.73 Å². The Morgan fingerprint density at radius 2 is 2.00 bits per heavy atom.